The van der Waals surface area contributed by atoms with Crippen molar-refractivity contribution < 1.29 is 37.3 Å². The van der Waals surface area contributed by atoms with Crippen molar-refractivity contribution in [1.82, 2.24) is 5.32 Å². The van der Waals surface area contributed by atoms with E-state index in [4.69, 9.17) is 19.4 Å². The maximum absolute atomic E-state index is 12.1. The molecule has 5 rings (SSSR count). The van der Waals surface area contributed by atoms with E-state index in [9.17, 15) is 18.0 Å². The lowest BCUT2D eigenvalue weighted by Gasteiger charge is -2.45. The zero-order valence-corrected chi connectivity index (χ0v) is 17.5. The van der Waals surface area contributed by atoms with Gasteiger partial charge in [-0.05, 0) is 40.8 Å². The predicted octanol–water partition coefficient (Wildman–Crippen LogP) is 3.69. The van der Waals surface area contributed by atoms with Gasteiger partial charge in [-0.15, -0.1) is 0 Å². The van der Waals surface area contributed by atoms with Crippen LogP contribution in [0.25, 0.3) is 0 Å². The van der Waals surface area contributed by atoms with Crippen LogP contribution in [0.2, 0.25) is 0 Å². The molecule has 1 atom stereocenters. The molecule has 2 aromatic rings. The van der Waals surface area contributed by atoms with E-state index in [1.807, 2.05) is 22.9 Å². The summed E-state index contributed by atoms with van der Waals surface area (Å²) in [5, 5.41) is 14.5. The van der Waals surface area contributed by atoms with Gasteiger partial charge in [0, 0.05) is 12.0 Å². The van der Waals surface area contributed by atoms with Crippen LogP contribution in [0.15, 0.2) is 47.2 Å². The molecule has 3 fully saturated rings. The first kappa shape index (κ1) is 23.2. The fourth-order valence-corrected chi connectivity index (χ4v) is 4.80. The number of fused-ring (bicyclic) bond motifs is 1. The average molecular weight is 457 g/mol. The molecular formula is C21H22F3NO5S. The Morgan fingerprint density at radius 2 is 1.90 bits per heavy atom. The fourth-order valence-electron chi connectivity index (χ4n) is 4.11. The van der Waals surface area contributed by atoms with Gasteiger partial charge in [0.25, 0.3) is 0 Å². The van der Waals surface area contributed by atoms with Crippen LogP contribution in [-0.2, 0) is 24.5 Å². The van der Waals surface area contributed by atoms with Crippen molar-refractivity contribution in [3.63, 3.8) is 0 Å². The maximum atomic E-state index is 12.1. The Kier molecular flexibility index (Phi) is 6.73. The second-order valence-electron chi connectivity index (χ2n) is 7.67. The molecule has 1 unspecified atom stereocenters. The number of carboxylic acid groups (broad SMARTS) is 1. The van der Waals surface area contributed by atoms with Crippen molar-refractivity contribution >= 4 is 23.3 Å². The number of benzene rings is 1. The number of carbonyl (C=O) groups is 2. The number of rotatable bonds is 6. The summed E-state index contributed by atoms with van der Waals surface area (Å²) in [5.74, 6) is -3.01. The first-order chi connectivity index (χ1) is 14.6. The lowest BCUT2D eigenvalue weighted by molar-refractivity contribution is -0.192. The van der Waals surface area contributed by atoms with E-state index in [1.54, 1.807) is 11.3 Å². The van der Waals surface area contributed by atoms with Crippen molar-refractivity contribution in [3.05, 3.63) is 58.3 Å². The average Bonchev–Trinajstić information content (AvgIpc) is 3.44. The highest BCUT2D eigenvalue weighted by molar-refractivity contribution is 7.08. The third-order valence-corrected chi connectivity index (χ3v) is 6.25. The molecule has 1 aromatic carbocycles. The van der Waals surface area contributed by atoms with Crippen LogP contribution in [-0.4, -0.2) is 49.1 Å². The van der Waals surface area contributed by atoms with Gasteiger partial charge in [0.05, 0.1) is 19.3 Å². The molecule has 0 spiro atoms. The first-order valence-electron chi connectivity index (χ1n) is 9.44. The maximum Gasteiger partial charge on any atom is 0.490 e. The Balaban J connectivity index is 0.000000339. The topological polar surface area (TPSA) is 84.9 Å². The lowest BCUT2D eigenvalue weighted by Crippen LogP contribution is -2.53. The summed E-state index contributed by atoms with van der Waals surface area (Å²) in [5.41, 5.74) is 2.32. The van der Waals surface area contributed by atoms with Gasteiger partial charge in [-0.3, -0.25) is 5.32 Å². The highest BCUT2D eigenvalue weighted by Gasteiger charge is 2.62. The highest BCUT2D eigenvalue weighted by atomic mass is 32.1. The molecule has 0 amide bonds. The van der Waals surface area contributed by atoms with Gasteiger partial charge in [0.2, 0.25) is 0 Å². The van der Waals surface area contributed by atoms with Crippen LogP contribution in [0.1, 0.15) is 30.0 Å². The summed E-state index contributed by atoms with van der Waals surface area (Å²) in [6, 6.07) is 12.1. The Hall–Kier alpha value is -2.43. The number of alkyl halides is 3. The van der Waals surface area contributed by atoms with Crippen LogP contribution in [0.4, 0.5) is 13.2 Å². The summed E-state index contributed by atoms with van der Waals surface area (Å²) in [6.07, 6.45) is -3.07. The predicted molar refractivity (Wildman–Crippen MR) is 107 cm³/mol. The molecule has 1 saturated carbocycles. The van der Waals surface area contributed by atoms with E-state index in [1.165, 1.54) is 12.7 Å². The van der Waals surface area contributed by atoms with Gasteiger partial charge >= 0.3 is 18.1 Å². The third-order valence-electron chi connectivity index (χ3n) is 5.55. The number of nitrogens with one attached hydrogen (secondary N) is 1. The quantitative estimate of drug-likeness (QED) is 0.644. The number of hydrogen-bond acceptors (Lipinski definition) is 6. The van der Waals surface area contributed by atoms with Gasteiger partial charge in [-0.2, -0.15) is 24.5 Å². The van der Waals surface area contributed by atoms with Crippen molar-refractivity contribution in [2.45, 2.75) is 36.1 Å². The van der Waals surface area contributed by atoms with E-state index in [0.29, 0.717) is 6.54 Å². The van der Waals surface area contributed by atoms with Crippen molar-refractivity contribution in [2.24, 2.45) is 0 Å². The number of aliphatic carboxylic acids is 1. The highest BCUT2D eigenvalue weighted by Crippen LogP contribution is 2.58. The summed E-state index contributed by atoms with van der Waals surface area (Å²) in [6.45, 7) is 1.43. The molecule has 1 aromatic heterocycles. The normalized spacial score (nSPS) is 25.0. The Bertz CT molecular complexity index is 895. The van der Waals surface area contributed by atoms with Gasteiger partial charge in [-0.25, -0.2) is 9.59 Å². The molecular weight excluding hydrogens is 435 g/mol. The lowest BCUT2D eigenvalue weighted by atomic mass is 9.59. The van der Waals surface area contributed by atoms with E-state index >= 15 is 0 Å². The first-order valence-corrected chi connectivity index (χ1v) is 10.4. The largest absolute Gasteiger partial charge is 0.490 e. The van der Waals surface area contributed by atoms with Gasteiger partial charge in [-0.1, -0.05) is 30.3 Å². The van der Waals surface area contributed by atoms with Crippen LogP contribution < -0.4 is 5.32 Å². The number of ether oxygens (including phenoxy) is 2. The number of thiophene rings is 1. The molecule has 2 bridgehead atoms. The number of carboxylic acids is 1. The van der Waals surface area contributed by atoms with E-state index in [2.05, 4.69) is 29.6 Å². The smallest absolute Gasteiger partial charge is 0.475 e. The standard InChI is InChI=1S/C19H21NO3S.C2HF3O2/c1-22-17(21)16(14-7-8-24-9-14)20-12-19-10-18(11-19,13-23-19)15-5-3-2-4-6-15;3-2(4,5)1(6)7/h2-9,16,20H,10-13H2,1H3;(H,6,7). The minimum Gasteiger partial charge on any atom is -0.475 e. The molecule has 1 aliphatic carbocycles. The second kappa shape index (κ2) is 8.97. The fraction of sp³-hybridized carbons (Fsp3) is 0.429. The van der Waals surface area contributed by atoms with Crippen LogP contribution in [0, 0.1) is 0 Å². The molecule has 10 heteroatoms. The summed E-state index contributed by atoms with van der Waals surface area (Å²) >= 11 is 1.58. The summed E-state index contributed by atoms with van der Waals surface area (Å²) in [4.78, 5) is 21.0. The molecule has 168 valence electrons. The zero-order valence-electron chi connectivity index (χ0n) is 16.6. The van der Waals surface area contributed by atoms with E-state index in [-0.39, 0.29) is 17.0 Å². The second-order valence-corrected chi connectivity index (χ2v) is 8.45. The molecule has 2 saturated heterocycles. The van der Waals surface area contributed by atoms with E-state index in [0.717, 1.165) is 25.0 Å². The van der Waals surface area contributed by atoms with Crippen LogP contribution >= 0.6 is 11.3 Å². The number of halogens is 3. The zero-order chi connectivity index (χ0) is 22.7. The molecule has 0 radical (unpaired) electrons. The monoisotopic (exact) mass is 457 g/mol. The molecule has 3 heterocycles. The number of carbonyl (C=O) groups excluding carboxylic acids is 1. The minimum absolute atomic E-state index is 0.155. The van der Waals surface area contributed by atoms with Crippen LogP contribution in [0.5, 0.6) is 0 Å². The molecule has 6 nitrogen and oxygen atoms in total. The summed E-state index contributed by atoms with van der Waals surface area (Å²) in [7, 11) is 1.43. The van der Waals surface area contributed by atoms with Crippen LogP contribution in [0.3, 0.4) is 0 Å². The van der Waals surface area contributed by atoms with Gasteiger partial charge in [0.15, 0.2) is 0 Å². The SMILES string of the molecule is COC(=O)C(NCC12CC(c3ccccc3)(CO1)C2)c1ccsc1.O=C(O)C(F)(F)F. The molecule has 2 aliphatic heterocycles. The summed E-state index contributed by atoms with van der Waals surface area (Å²) < 4.78 is 42.8. The van der Waals surface area contributed by atoms with E-state index < -0.39 is 18.2 Å². The Morgan fingerprint density at radius 3 is 2.42 bits per heavy atom. The molecule has 2 N–H and O–H groups in total. The minimum atomic E-state index is -5.08. The molecule has 3 aliphatic rings. The Morgan fingerprint density at radius 1 is 1.26 bits per heavy atom. The number of methoxy groups -OCH3 is 1. The van der Waals surface area contributed by atoms with Crippen molar-refractivity contribution in [2.75, 3.05) is 20.3 Å². The third kappa shape index (κ3) is 5.08. The molecule has 31 heavy (non-hydrogen) atoms. The van der Waals surface area contributed by atoms with Gasteiger partial charge < -0.3 is 14.6 Å². The number of esters is 1. The van der Waals surface area contributed by atoms with Crippen molar-refractivity contribution in [3.8, 4) is 0 Å². The number of hydrogen-bond donors (Lipinski definition) is 2. The Labute approximate surface area is 181 Å². The van der Waals surface area contributed by atoms with Gasteiger partial charge in [0.1, 0.15) is 6.04 Å². The van der Waals surface area contributed by atoms with Crippen molar-refractivity contribution in [1.29, 1.82) is 0 Å².